The van der Waals surface area contributed by atoms with Gasteiger partial charge in [0.05, 0.1) is 26.4 Å². The second-order valence-corrected chi connectivity index (χ2v) is 32.9. The van der Waals surface area contributed by atoms with Crippen LogP contribution in [0.1, 0.15) is 396 Å². The quantitative estimate of drug-likeness (QED) is 0.0222. The molecular formula is C78H152O17P2. The molecule has 19 heteroatoms. The van der Waals surface area contributed by atoms with E-state index in [0.717, 1.165) is 114 Å². The van der Waals surface area contributed by atoms with Gasteiger partial charge in [0.2, 0.25) is 0 Å². The Hall–Kier alpha value is -1.94. The lowest BCUT2D eigenvalue weighted by Crippen LogP contribution is -2.30. The van der Waals surface area contributed by atoms with Gasteiger partial charge in [-0.05, 0) is 49.4 Å². The first kappa shape index (κ1) is 95.1. The zero-order chi connectivity index (χ0) is 71.7. The minimum atomic E-state index is -4.96. The molecular weight excluding hydrogens is 1270 g/mol. The van der Waals surface area contributed by atoms with Crippen molar-refractivity contribution in [2.75, 3.05) is 39.6 Å². The number of aliphatic hydroxyl groups is 1. The molecule has 0 rings (SSSR count). The Balaban J connectivity index is 5.22. The molecule has 0 aromatic carbocycles. The third-order valence-corrected chi connectivity index (χ3v) is 20.0. The number of ether oxygens (including phenoxy) is 4. The third kappa shape index (κ3) is 72.2. The normalized spacial score (nSPS) is 14.1. The van der Waals surface area contributed by atoms with Crippen molar-refractivity contribution in [1.29, 1.82) is 0 Å². The van der Waals surface area contributed by atoms with Gasteiger partial charge >= 0.3 is 39.5 Å². The van der Waals surface area contributed by atoms with Crippen LogP contribution in [0.5, 0.6) is 0 Å². The number of rotatable bonds is 75. The number of esters is 4. The third-order valence-electron chi connectivity index (χ3n) is 18.1. The highest BCUT2D eigenvalue weighted by molar-refractivity contribution is 7.47. The summed E-state index contributed by atoms with van der Waals surface area (Å²) in [4.78, 5) is 72.9. The summed E-state index contributed by atoms with van der Waals surface area (Å²) in [5.74, 6) is 0.916. The van der Waals surface area contributed by atoms with Crippen molar-refractivity contribution in [3.63, 3.8) is 0 Å². The van der Waals surface area contributed by atoms with E-state index in [9.17, 15) is 43.2 Å². The summed E-state index contributed by atoms with van der Waals surface area (Å²) in [6, 6.07) is 0. The lowest BCUT2D eigenvalue weighted by molar-refractivity contribution is -0.161. The fourth-order valence-electron chi connectivity index (χ4n) is 11.9. The first-order valence-corrected chi connectivity index (χ1v) is 43.2. The van der Waals surface area contributed by atoms with Crippen LogP contribution in [0.3, 0.4) is 0 Å². The van der Waals surface area contributed by atoms with Gasteiger partial charge in [0.1, 0.15) is 19.3 Å². The number of phosphoric acid groups is 2. The van der Waals surface area contributed by atoms with Crippen LogP contribution >= 0.6 is 15.6 Å². The molecule has 0 spiro atoms. The fourth-order valence-corrected chi connectivity index (χ4v) is 13.5. The van der Waals surface area contributed by atoms with Crippen LogP contribution in [0, 0.1) is 23.7 Å². The predicted octanol–water partition coefficient (Wildman–Crippen LogP) is 22.8. The van der Waals surface area contributed by atoms with Crippen molar-refractivity contribution in [2.45, 2.75) is 414 Å². The smallest absolute Gasteiger partial charge is 0.462 e. The molecule has 0 saturated heterocycles. The number of hydrogen-bond donors (Lipinski definition) is 3. The van der Waals surface area contributed by atoms with Crippen LogP contribution in [0.2, 0.25) is 0 Å². The van der Waals surface area contributed by atoms with Crippen molar-refractivity contribution in [2.24, 2.45) is 23.7 Å². The lowest BCUT2D eigenvalue weighted by Gasteiger charge is -2.21. The largest absolute Gasteiger partial charge is 0.472 e. The van der Waals surface area contributed by atoms with Crippen molar-refractivity contribution in [3.8, 4) is 0 Å². The maximum Gasteiger partial charge on any atom is 0.472 e. The van der Waals surface area contributed by atoms with Gasteiger partial charge in [-0.15, -0.1) is 0 Å². The van der Waals surface area contributed by atoms with Crippen LogP contribution < -0.4 is 0 Å². The van der Waals surface area contributed by atoms with Crippen molar-refractivity contribution < 1.29 is 80.2 Å². The molecule has 0 bridgehead atoms. The van der Waals surface area contributed by atoms with E-state index in [4.69, 9.17) is 37.0 Å². The molecule has 576 valence electrons. The summed E-state index contributed by atoms with van der Waals surface area (Å²) < 4.78 is 68.6. The summed E-state index contributed by atoms with van der Waals surface area (Å²) >= 11 is 0. The van der Waals surface area contributed by atoms with Crippen LogP contribution in [0.4, 0.5) is 0 Å². The van der Waals surface area contributed by atoms with E-state index in [2.05, 4.69) is 55.4 Å². The Bertz CT molecular complexity index is 1900. The van der Waals surface area contributed by atoms with Crippen molar-refractivity contribution in [1.82, 2.24) is 0 Å². The van der Waals surface area contributed by atoms with Gasteiger partial charge in [0, 0.05) is 25.7 Å². The highest BCUT2D eigenvalue weighted by atomic mass is 31.2. The molecule has 0 radical (unpaired) electrons. The number of hydrogen-bond acceptors (Lipinski definition) is 15. The van der Waals surface area contributed by atoms with E-state index in [1.54, 1.807) is 0 Å². The molecule has 17 nitrogen and oxygen atoms in total. The Labute approximate surface area is 594 Å². The summed E-state index contributed by atoms with van der Waals surface area (Å²) in [5.41, 5.74) is 0. The van der Waals surface area contributed by atoms with Crippen LogP contribution in [0.15, 0.2) is 0 Å². The van der Waals surface area contributed by atoms with E-state index in [1.165, 1.54) is 193 Å². The van der Waals surface area contributed by atoms with E-state index in [1.807, 2.05) is 0 Å². The molecule has 0 aromatic heterocycles. The Morgan fingerprint density at radius 1 is 0.258 bits per heavy atom. The highest BCUT2D eigenvalue weighted by Gasteiger charge is 2.30. The van der Waals surface area contributed by atoms with Gasteiger partial charge < -0.3 is 33.8 Å². The second-order valence-electron chi connectivity index (χ2n) is 30.0. The van der Waals surface area contributed by atoms with Gasteiger partial charge in [-0.2, -0.15) is 0 Å². The van der Waals surface area contributed by atoms with Gasteiger partial charge in [0.25, 0.3) is 0 Å². The zero-order valence-corrected chi connectivity index (χ0v) is 65.5. The maximum absolute atomic E-state index is 13.1. The molecule has 3 N–H and O–H groups in total. The summed E-state index contributed by atoms with van der Waals surface area (Å²) in [7, 11) is -9.92. The summed E-state index contributed by atoms with van der Waals surface area (Å²) in [5, 5.41) is 10.6. The minimum Gasteiger partial charge on any atom is -0.462 e. The molecule has 2 unspecified atom stereocenters. The SMILES string of the molecule is CC(C)CCCCCCCCCCCCCCCCCC(=O)O[C@H](COC(=O)CCCCCCCCCCCCC(C)C)COP(=O)(O)OC[C@@H](O)COP(=O)(O)OC[C@@H](COC(=O)CCCCCCCCC(C)C)OC(=O)CCCCCCCCCCCCCCCCC(C)C. The van der Waals surface area contributed by atoms with Crippen LogP contribution in [0.25, 0.3) is 0 Å². The molecule has 0 aliphatic rings. The Morgan fingerprint density at radius 3 is 0.639 bits per heavy atom. The first-order chi connectivity index (χ1) is 46.6. The number of carbonyl (C=O) groups excluding carboxylic acids is 4. The van der Waals surface area contributed by atoms with E-state index in [-0.39, 0.29) is 25.7 Å². The van der Waals surface area contributed by atoms with Crippen molar-refractivity contribution >= 4 is 39.5 Å². The molecule has 0 aliphatic heterocycles. The zero-order valence-electron chi connectivity index (χ0n) is 63.7. The maximum atomic E-state index is 13.1. The molecule has 97 heavy (non-hydrogen) atoms. The minimum absolute atomic E-state index is 0.106. The molecule has 5 atom stereocenters. The lowest BCUT2D eigenvalue weighted by atomic mass is 10.0. The Kier molecular flexibility index (Phi) is 65.9. The van der Waals surface area contributed by atoms with Gasteiger partial charge in [-0.3, -0.25) is 37.3 Å². The number of unbranched alkanes of at least 4 members (excludes halogenated alkanes) is 41. The van der Waals surface area contributed by atoms with Gasteiger partial charge in [0.15, 0.2) is 12.2 Å². The number of phosphoric ester groups is 2. The topological polar surface area (TPSA) is 237 Å². The van der Waals surface area contributed by atoms with Gasteiger partial charge in [-0.25, -0.2) is 9.13 Å². The monoisotopic (exact) mass is 1420 g/mol. The summed E-state index contributed by atoms with van der Waals surface area (Å²) in [6.45, 7) is 14.2. The van der Waals surface area contributed by atoms with Crippen LogP contribution in [-0.2, 0) is 65.4 Å². The number of carbonyl (C=O) groups is 4. The highest BCUT2D eigenvalue weighted by Crippen LogP contribution is 2.45. The van der Waals surface area contributed by atoms with E-state index < -0.39 is 97.5 Å². The first-order valence-electron chi connectivity index (χ1n) is 40.2. The van der Waals surface area contributed by atoms with E-state index in [0.29, 0.717) is 31.6 Å². The van der Waals surface area contributed by atoms with Crippen LogP contribution in [-0.4, -0.2) is 96.7 Å². The molecule has 0 saturated carbocycles. The summed E-state index contributed by atoms with van der Waals surface area (Å²) in [6.07, 6.45) is 52.9. The average molecular weight is 1420 g/mol. The molecule has 0 aromatic rings. The molecule has 0 fully saturated rings. The van der Waals surface area contributed by atoms with Crippen molar-refractivity contribution in [3.05, 3.63) is 0 Å². The molecule has 0 heterocycles. The number of aliphatic hydroxyl groups excluding tert-OH is 1. The Morgan fingerprint density at radius 2 is 0.433 bits per heavy atom. The fraction of sp³-hybridized carbons (Fsp3) is 0.949. The van der Waals surface area contributed by atoms with Gasteiger partial charge in [-0.1, -0.05) is 344 Å². The predicted molar refractivity (Wildman–Crippen MR) is 395 cm³/mol. The van der Waals surface area contributed by atoms with E-state index >= 15 is 0 Å². The second kappa shape index (κ2) is 67.2. The molecule has 0 aliphatic carbocycles. The average Bonchev–Trinajstić information content (AvgIpc) is 1.04. The standard InChI is InChI=1S/C78H152O17P2/c1-68(2)54-46-38-30-24-18-14-10-9-11-16-20-28-34-44-52-60-77(82)94-73(64-88-75(80)58-50-42-33-27-23-22-26-32-40-48-56-70(5)6)66-92-96(84,85)90-62-72(79)63-91-97(86,87)93-67-74(65-89-76(81)59-51-43-37-36-41-49-57-71(7)8)95-78(83)61-53-45-35-29-21-17-13-12-15-19-25-31-39-47-55-69(3)4/h68-74,79H,9-67H2,1-8H3,(H,84,85)(H,86,87)/t72-,73-,74-/m1/s1. The molecule has 0 amide bonds.